The van der Waals surface area contributed by atoms with E-state index in [4.69, 9.17) is 0 Å². The predicted molar refractivity (Wildman–Crippen MR) is 121 cm³/mol. The van der Waals surface area contributed by atoms with E-state index in [0.29, 0.717) is 17.6 Å². The van der Waals surface area contributed by atoms with Crippen LogP contribution in [0.15, 0.2) is 18.2 Å². The molecule has 0 aliphatic heterocycles. The highest BCUT2D eigenvalue weighted by Crippen LogP contribution is 2.55. The van der Waals surface area contributed by atoms with Crippen molar-refractivity contribution in [2.75, 3.05) is 0 Å². The smallest absolute Gasteiger partial charge is 0.116 e. The molecule has 10 atom stereocenters. The zero-order chi connectivity index (χ0) is 20.3. The van der Waals surface area contributed by atoms with E-state index in [1.54, 1.807) is 0 Å². The molecule has 4 bridgehead atoms. The quantitative estimate of drug-likeness (QED) is 0.544. The van der Waals surface area contributed by atoms with E-state index in [0.717, 1.165) is 47.3 Å². The van der Waals surface area contributed by atoms with Gasteiger partial charge in [0.25, 0.3) is 0 Å². The van der Waals surface area contributed by atoms with Gasteiger partial charge in [0.1, 0.15) is 5.75 Å². The lowest BCUT2D eigenvalue weighted by atomic mass is 9.57. The summed E-state index contributed by atoms with van der Waals surface area (Å²) in [5.41, 5.74) is 2.92. The summed E-state index contributed by atoms with van der Waals surface area (Å²) >= 11 is 0. The molecule has 5 rings (SSSR count). The molecule has 0 heterocycles. The first kappa shape index (κ1) is 20.0. The van der Waals surface area contributed by atoms with Crippen molar-refractivity contribution in [2.24, 2.45) is 47.3 Å². The lowest BCUT2D eigenvalue weighted by Gasteiger charge is -2.48. The average Bonchev–Trinajstić information content (AvgIpc) is 2.59. The van der Waals surface area contributed by atoms with Gasteiger partial charge in [-0.25, -0.2) is 0 Å². The molecule has 160 valence electrons. The van der Waals surface area contributed by atoms with Crippen LogP contribution in [0, 0.1) is 47.3 Å². The summed E-state index contributed by atoms with van der Waals surface area (Å²) in [6.07, 6.45) is 11.3. The zero-order valence-corrected chi connectivity index (χ0v) is 19.1. The van der Waals surface area contributed by atoms with E-state index in [1.807, 2.05) is 0 Å². The van der Waals surface area contributed by atoms with E-state index in [-0.39, 0.29) is 0 Å². The van der Waals surface area contributed by atoms with Crippen LogP contribution >= 0.6 is 0 Å². The molecular formula is C28H42O. The Kier molecular flexibility index (Phi) is 5.24. The predicted octanol–water partition coefficient (Wildman–Crippen LogP) is 7.74. The van der Waals surface area contributed by atoms with E-state index in [1.165, 1.54) is 62.5 Å². The summed E-state index contributed by atoms with van der Waals surface area (Å²) in [5.74, 6) is 8.63. The zero-order valence-electron chi connectivity index (χ0n) is 19.1. The molecule has 4 fully saturated rings. The first-order valence-corrected chi connectivity index (χ1v) is 12.7. The van der Waals surface area contributed by atoms with Crippen LogP contribution in [0.1, 0.15) is 102 Å². The Bertz CT molecular complexity index is 672. The molecule has 1 nitrogen and oxygen atoms in total. The van der Waals surface area contributed by atoms with Crippen molar-refractivity contribution in [3.05, 3.63) is 29.3 Å². The Hall–Kier alpha value is -0.980. The molecule has 0 saturated heterocycles. The van der Waals surface area contributed by atoms with E-state index < -0.39 is 0 Å². The number of phenolic OH excluding ortho intramolecular Hbond substituents is 1. The Morgan fingerprint density at radius 3 is 1.48 bits per heavy atom. The third-order valence-corrected chi connectivity index (χ3v) is 9.54. The van der Waals surface area contributed by atoms with Gasteiger partial charge >= 0.3 is 0 Å². The highest BCUT2D eigenvalue weighted by atomic mass is 16.3. The summed E-state index contributed by atoms with van der Waals surface area (Å²) in [5, 5.41) is 10.8. The number of aromatic hydroxyl groups is 1. The van der Waals surface area contributed by atoms with Gasteiger partial charge in [-0.2, -0.15) is 0 Å². The fourth-order valence-corrected chi connectivity index (χ4v) is 9.10. The lowest BCUT2D eigenvalue weighted by Crippen LogP contribution is -2.36. The van der Waals surface area contributed by atoms with Crippen molar-refractivity contribution in [1.29, 1.82) is 0 Å². The minimum Gasteiger partial charge on any atom is -0.508 e. The largest absolute Gasteiger partial charge is 0.508 e. The molecule has 1 heteroatoms. The third-order valence-electron chi connectivity index (χ3n) is 9.54. The molecule has 0 spiro atoms. The fraction of sp³-hybridized carbons (Fsp3) is 0.786. The Balaban J connectivity index is 1.47. The van der Waals surface area contributed by atoms with Crippen molar-refractivity contribution < 1.29 is 5.11 Å². The van der Waals surface area contributed by atoms with Gasteiger partial charge in [-0.05, 0) is 134 Å². The van der Waals surface area contributed by atoms with E-state index >= 15 is 0 Å². The van der Waals surface area contributed by atoms with Crippen LogP contribution in [-0.4, -0.2) is 5.11 Å². The first-order chi connectivity index (χ1) is 13.9. The van der Waals surface area contributed by atoms with Crippen LogP contribution in [0.4, 0.5) is 0 Å². The van der Waals surface area contributed by atoms with Crippen LogP contribution in [-0.2, 0) is 0 Å². The van der Waals surface area contributed by atoms with Gasteiger partial charge in [-0.1, -0.05) is 33.8 Å². The van der Waals surface area contributed by atoms with E-state index in [9.17, 15) is 5.11 Å². The topological polar surface area (TPSA) is 20.2 Å². The van der Waals surface area contributed by atoms with Crippen molar-refractivity contribution in [3.8, 4) is 5.75 Å². The minimum atomic E-state index is 0.522. The van der Waals surface area contributed by atoms with Crippen LogP contribution < -0.4 is 0 Å². The maximum Gasteiger partial charge on any atom is 0.116 e. The number of benzene rings is 1. The number of rotatable bonds is 2. The molecular weight excluding hydrogens is 352 g/mol. The van der Waals surface area contributed by atoms with Crippen LogP contribution in [0.2, 0.25) is 0 Å². The summed E-state index contributed by atoms with van der Waals surface area (Å²) in [6, 6.07) is 6.81. The number of phenols is 1. The first-order valence-electron chi connectivity index (χ1n) is 12.7. The normalized spacial score (nSPS) is 47.0. The van der Waals surface area contributed by atoms with Crippen LogP contribution in [0.3, 0.4) is 0 Å². The van der Waals surface area contributed by atoms with Gasteiger partial charge in [0, 0.05) is 0 Å². The Labute approximate surface area is 178 Å². The molecule has 1 N–H and O–H groups in total. The van der Waals surface area contributed by atoms with Gasteiger partial charge in [-0.15, -0.1) is 0 Å². The molecule has 4 saturated carbocycles. The number of hydrogen-bond acceptors (Lipinski definition) is 1. The second-order valence-electron chi connectivity index (χ2n) is 12.2. The van der Waals surface area contributed by atoms with Crippen molar-refractivity contribution >= 4 is 0 Å². The molecule has 1 aromatic rings. The van der Waals surface area contributed by atoms with Crippen molar-refractivity contribution in [3.63, 3.8) is 0 Å². The SMILES string of the molecule is CC1CC2CC(C)C(c3cc(O)cc(C4C(C)CC5CC(C)CC4C5)c3)C(C1)C2. The van der Waals surface area contributed by atoms with Crippen molar-refractivity contribution in [1.82, 2.24) is 0 Å². The molecule has 4 aliphatic carbocycles. The van der Waals surface area contributed by atoms with Gasteiger partial charge < -0.3 is 5.11 Å². The molecule has 0 radical (unpaired) electrons. The second-order valence-corrected chi connectivity index (χ2v) is 12.2. The Morgan fingerprint density at radius 2 is 1.03 bits per heavy atom. The fourth-order valence-electron chi connectivity index (χ4n) is 9.10. The maximum atomic E-state index is 10.8. The summed E-state index contributed by atoms with van der Waals surface area (Å²) in [4.78, 5) is 0. The minimum absolute atomic E-state index is 0.522. The third kappa shape index (κ3) is 3.77. The average molecular weight is 395 g/mol. The summed E-state index contributed by atoms with van der Waals surface area (Å²) in [7, 11) is 0. The van der Waals surface area contributed by atoms with Gasteiger partial charge in [0.15, 0.2) is 0 Å². The summed E-state index contributed by atoms with van der Waals surface area (Å²) in [6.45, 7) is 9.90. The molecule has 0 aromatic heterocycles. The highest BCUT2D eigenvalue weighted by molar-refractivity contribution is 5.39. The van der Waals surface area contributed by atoms with E-state index in [2.05, 4.69) is 45.9 Å². The molecule has 0 amide bonds. The van der Waals surface area contributed by atoms with Gasteiger partial charge in [-0.3, -0.25) is 0 Å². The Morgan fingerprint density at radius 1 is 0.586 bits per heavy atom. The molecule has 4 aliphatic rings. The van der Waals surface area contributed by atoms with Crippen LogP contribution in [0.5, 0.6) is 5.75 Å². The maximum absolute atomic E-state index is 10.8. The highest BCUT2D eigenvalue weighted by Gasteiger charge is 2.43. The molecule has 10 unspecified atom stereocenters. The lowest BCUT2D eigenvalue weighted by molar-refractivity contribution is 0.0826. The number of hydrogen-bond donors (Lipinski definition) is 1. The standard InChI is InChI=1S/C28H42O/c1-16-5-20-9-18(3)27(22(7-16)11-20)24-13-25(15-26(29)14-24)28-19(4)10-21-6-17(2)8-23(28)12-21/h13-23,27-29H,5-12H2,1-4H3. The van der Waals surface area contributed by atoms with Crippen molar-refractivity contribution in [2.45, 2.75) is 90.9 Å². The number of fused-ring (bicyclic) bond motifs is 4. The van der Waals surface area contributed by atoms with Crippen LogP contribution in [0.25, 0.3) is 0 Å². The molecule has 29 heavy (non-hydrogen) atoms. The second kappa shape index (κ2) is 7.61. The molecule has 1 aromatic carbocycles. The van der Waals surface area contributed by atoms with Gasteiger partial charge in [0.2, 0.25) is 0 Å². The summed E-state index contributed by atoms with van der Waals surface area (Å²) < 4.78 is 0. The monoisotopic (exact) mass is 394 g/mol. The van der Waals surface area contributed by atoms with Gasteiger partial charge in [0.05, 0.1) is 0 Å².